The molecule has 0 aromatic carbocycles. The van der Waals surface area contributed by atoms with Gasteiger partial charge in [0.1, 0.15) is 0 Å². The molecule has 1 atom stereocenters. The summed E-state index contributed by atoms with van der Waals surface area (Å²) in [6.07, 6.45) is 0. The highest BCUT2D eigenvalue weighted by Crippen LogP contribution is 2.08. The van der Waals surface area contributed by atoms with E-state index in [1.807, 2.05) is 13.8 Å². The van der Waals surface area contributed by atoms with Crippen LogP contribution >= 0.6 is 0 Å². The highest BCUT2D eigenvalue weighted by Gasteiger charge is 2.12. The Morgan fingerprint density at radius 2 is 1.25 bits per heavy atom. The Bertz CT molecular complexity index is 75.1. The van der Waals surface area contributed by atoms with Gasteiger partial charge >= 0.3 is 0 Å². The fraction of sp³-hybridized carbons (Fsp3) is 1.00. The summed E-state index contributed by atoms with van der Waals surface area (Å²) in [5.41, 5.74) is 0. The second kappa shape index (κ2) is 9.05. The molecule has 0 spiro atoms. The van der Waals surface area contributed by atoms with E-state index in [9.17, 15) is 0 Å². The summed E-state index contributed by atoms with van der Waals surface area (Å²) < 4.78 is 0. The third-order valence-electron chi connectivity index (χ3n) is 2.35. The van der Waals surface area contributed by atoms with Crippen molar-refractivity contribution < 1.29 is 0 Å². The maximum Gasteiger partial charge on any atom is 0.00896 e. The van der Waals surface area contributed by atoms with Crippen LogP contribution in [0.1, 0.15) is 48.5 Å². The average molecular weight is 173 g/mol. The molecule has 0 saturated heterocycles. The van der Waals surface area contributed by atoms with Crippen molar-refractivity contribution in [3.8, 4) is 0 Å². The molecule has 1 nitrogen and oxygen atoms in total. The molecule has 0 saturated carbocycles. The van der Waals surface area contributed by atoms with Crippen molar-refractivity contribution in [3.63, 3.8) is 0 Å². The Morgan fingerprint density at radius 3 is 1.33 bits per heavy atom. The molecule has 0 fully saturated rings. The lowest BCUT2D eigenvalue weighted by Crippen LogP contribution is -2.36. The molecular formula is C11H27N. The van der Waals surface area contributed by atoms with Crippen LogP contribution < -0.4 is 0 Å². The number of nitrogens with zero attached hydrogens (tertiary/aromatic N) is 1. The van der Waals surface area contributed by atoms with E-state index in [-0.39, 0.29) is 0 Å². The van der Waals surface area contributed by atoms with Crippen LogP contribution in [-0.4, -0.2) is 24.0 Å². The molecule has 0 unspecified atom stereocenters. The van der Waals surface area contributed by atoms with Gasteiger partial charge in [-0.05, 0) is 25.9 Å². The van der Waals surface area contributed by atoms with Gasteiger partial charge in [0, 0.05) is 6.04 Å². The zero-order chi connectivity index (χ0) is 10.1. The van der Waals surface area contributed by atoms with Crippen molar-refractivity contribution >= 4 is 0 Å². The van der Waals surface area contributed by atoms with Gasteiger partial charge in [-0.3, -0.25) is 0 Å². The van der Waals surface area contributed by atoms with Crippen LogP contribution in [0.5, 0.6) is 0 Å². The summed E-state index contributed by atoms with van der Waals surface area (Å²) in [4.78, 5) is 2.49. The molecule has 0 aliphatic rings. The van der Waals surface area contributed by atoms with Crippen molar-refractivity contribution in [3.05, 3.63) is 0 Å². The zero-order valence-electron chi connectivity index (χ0n) is 10.0. The van der Waals surface area contributed by atoms with Crippen molar-refractivity contribution in [2.24, 2.45) is 5.92 Å². The Hall–Kier alpha value is -0.0400. The third kappa shape index (κ3) is 5.59. The smallest absolute Gasteiger partial charge is 0.00896 e. The summed E-state index contributed by atoms with van der Waals surface area (Å²) >= 11 is 0. The summed E-state index contributed by atoms with van der Waals surface area (Å²) in [7, 11) is 0. The van der Waals surface area contributed by atoms with E-state index in [1.165, 1.54) is 13.1 Å². The number of hydrogen-bond acceptors (Lipinski definition) is 1. The monoisotopic (exact) mass is 173 g/mol. The quantitative estimate of drug-likeness (QED) is 0.630. The fourth-order valence-electron chi connectivity index (χ4n) is 1.22. The van der Waals surface area contributed by atoms with Crippen LogP contribution in [0.4, 0.5) is 0 Å². The zero-order valence-corrected chi connectivity index (χ0v) is 10.0. The van der Waals surface area contributed by atoms with Crippen LogP contribution in [0.15, 0.2) is 0 Å². The molecule has 0 bridgehead atoms. The molecule has 0 N–H and O–H groups in total. The van der Waals surface area contributed by atoms with Gasteiger partial charge in [-0.15, -0.1) is 0 Å². The van der Waals surface area contributed by atoms with E-state index in [2.05, 4.69) is 39.5 Å². The normalized spacial score (nSPS) is 12.8. The molecule has 0 rings (SSSR count). The van der Waals surface area contributed by atoms with E-state index in [1.54, 1.807) is 0 Å². The standard InChI is InChI=1S/C9H21N.C2H6/c1-6-10(7-2)9(5)8(3)4;1-2/h8-9H,6-7H2,1-5H3;1-2H3/t9-;/m1./s1. The summed E-state index contributed by atoms with van der Waals surface area (Å²) in [6, 6.07) is 0.731. The molecule has 0 aliphatic heterocycles. The van der Waals surface area contributed by atoms with Crippen LogP contribution in [-0.2, 0) is 0 Å². The van der Waals surface area contributed by atoms with E-state index >= 15 is 0 Å². The van der Waals surface area contributed by atoms with Gasteiger partial charge in [0.2, 0.25) is 0 Å². The minimum atomic E-state index is 0.731. The second-order valence-electron chi connectivity index (χ2n) is 3.21. The van der Waals surface area contributed by atoms with E-state index < -0.39 is 0 Å². The van der Waals surface area contributed by atoms with Crippen LogP contribution in [0.2, 0.25) is 0 Å². The van der Waals surface area contributed by atoms with Crippen molar-refractivity contribution in [2.45, 2.75) is 54.5 Å². The van der Waals surface area contributed by atoms with Gasteiger partial charge < -0.3 is 4.90 Å². The van der Waals surface area contributed by atoms with E-state index in [0.717, 1.165) is 12.0 Å². The molecule has 76 valence electrons. The van der Waals surface area contributed by atoms with Crippen molar-refractivity contribution in [2.75, 3.05) is 13.1 Å². The van der Waals surface area contributed by atoms with E-state index in [4.69, 9.17) is 0 Å². The topological polar surface area (TPSA) is 3.24 Å². The number of hydrogen-bond donors (Lipinski definition) is 0. The molecule has 0 aromatic rings. The highest BCUT2D eigenvalue weighted by atomic mass is 15.1. The first kappa shape index (κ1) is 14.5. The summed E-state index contributed by atoms with van der Waals surface area (Å²) in [6.45, 7) is 17.7. The first-order valence-electron chi connectivity index (χ1n) is 5.37. The maximum atomic E-state index is 2.49. The van der Waals surface area contributed by atoms with Gasteiger partial charge in [-0.2, -0.15) is 0 Å². The molecule has 1 heteroatoms. The van der Waals surface area contributed by atoms with Gasteiger partial charge in [-0.25, -0.2) is 0 Å². The first-order chi connectivity index (χ1) is 5.63. The van der Waals surface area contributed by atoms with Gasteiger partial charge in [0.15, 0.2) is 0 Å². The Balaban J connectivity index is 0. The Kier molecular flexibility index (Phi) is 10.9. The van der Waals surface area contributed by atoms with E-state index in [0.29, 0.717) is 0 Å². The highest BCUT2D eigenvalue weighted by molar-refractivity contribution is 4.67. The predicted octanol–water partition coefficient (Wildman–Crippen LogP) is 3.40. The SMILES string of the molecule is CC.CCN(CC)[C@H](C)C(C)C. The summed E-state index contributed by atoms with van der Waals surface area (Å²) in [5.74, 6) is 0.778. The average Bonchev–Trinajstić information content (AvgIpc) is 2.10. The van der Waals surface area contributed by atoms with Crippen LogP contribution in [0.3, 0.4) is 0 Å². The number of rotatable bonds is 4. The fourth-order valence-corrected chi connectivity index (χ4v) is 1.22. The molecule has 0 aliphatic carbocycles. The molecule has 0 aromatic heterocycles. The largest absolute Gasteiger partial charge is 0.301 e. The molecule has 0 radical (unpaired) electrons. The van der Waals surface area contributed by atoms with Crippen LogP contribution in [0.25, 0.3) is 0 Å². The first-order valence-corrected chi connectivity index (χ1v) is 5.37. The maximum absolute atomic E-state index is 2.49. The van der Waals surface area contributed by atoms with Crippen molar-refractivity contribution in [1.29, 1.82) is 0 Å². The minimum Gasteiger partial charge on any atom is -0.301 e. The van der Waals surface area contributed by atoms with Crippen LogP contribution in [0, 0.1) is 5.92 Å². The van der Waals surface area contributed by atoms with Crippen molar-refractivity contribution in [1.82, 2.24) is 4.90 Å². The summed E-state index contributed by atoms with van der Waals surface area (Å²) in [5, 5.41) is 0. The van der Waals surface area contributed by atoms with Gasteiger partial charge in [0.25, 0.3) is 0 Å². The lowest BCUT2D eigenvalue weighted by molar-refractivity contribution is 0.186. The molecule has 0 amide bonds. The third-order valence-corrected chi connectivity index (χ3v) is 2.35. The minimum absolute atomic E-state index is 0.731. The Labute approximate surface area is 79.2 Å². The second-order valence-corrected chi connectivity index (χ2v) is 3.21. The lowest BCUT2D eigenvalue weighted by Gasteiger charge is -2.29. The molecule has 12 heavy (non-hydrogen) atoms. The Morgan fingerprint density at radius 1 is 0.917 bits per heavy atom. The molecular weight excluding hydrogens is 146 g/mol. The lowest BCUT2D eigenvalue weighted by atomic mass is 10.1. The predicted molar refractivity (Wildman–Crippen MR) is 58.6 cm³/mol. The van der Waals surface area contributed by atoms with Gasteiger partial charge in [-0.1, -0.05) is 41.5 Å². The van der Waals surface area contributed by atoms with Gasteiger partial charge in [0.05, 0.1) is 0 Å². The molecule has 0 heterocycles.